The third kappa shape index (κ3) is 2.91. The molecule has 0 aliphatic heterocycles. The van der Waals surface area contributed by atoms with Crippen LogP contribution < -0.4 is 5.32 Å². The Bertz CT molecular complexity index is 549. The number of nitrogens with one attached hydrogen (secondary N) is 1. The summed E-state index contributed by atoms with van der Waals surface area (Å²) in [5, 5.41) is 2.81. The molecule has 0 aliphatic carbocycles. The summed E-state index contributed by atoms with van der Waals surface area (Å²) in [5.74, 6) is -0.240. The van der Waals surface area contributed by atoms with Crippen molar-refractivity contribution in [3.8, 4) is 0 Å². The topological polar surface area (TPSA) is 54.9 Å². The molecule has 0 saturated carbocycles. The van der Waals surface area contributed by atoms with Gasteiger partial charge < -0.3 is 5.32 Å². The Morgan fingerprint density at radius 2 is 2.11 bits per heavy atom. The summed E-state index contributed by atoms with van der Waals surface area (Å²) in [6, 6.07) is 7.77. The SMILES string of the molecule is CCc1cccc(NC(=O)c2cnc(C)cn2)c1. The molecule has 1 aromatic carbocycles. The zero-order valence-electron chi connectivity index (χ0n) is 10.5. The largest absolute Gasteiger partial charge is 0.321 e. The van der Waals surface area contributed by atoms with Gasteiger partial charge in [0, 0.05) is 11.9 Å². The van der Waals surface area contributed by atoms with E-state index in [9.17, 15) is 4.79 Å². The molecular weight excluding hydrogens is 226 g/mol. The number of rotatable bonds is 3. The first-order valence-electron chi connectivity index (χ1n) is 5.88. The summed E-state index contributed by atoms with van der Waals surface area (Å²) >= 11 is 0. The van der Waals surface area contributed by atoms with E-state index < -0.39 is 0 Å². The molecule has 0 bridgehead atoms. The van der Waals surface area contributed by atoms with Gasteiger partial charge in [0.1, 0.15) is 5.69 Å². The van der Waals surface area contributed by atoms with Crippen LogP contribution in [0.25, 0.3) is 0 Å². The summed E-state index contributed by atoms with van der Waals surface area (Å²) < 4.78 is 0. The number of amides is 1. The van der Waals surface area contributed by atoms with Crippen LogP contribution in [0.3, 0.4) is 0 Å². The van der Waals surface area contributed by atoms with Crippen molar-refractivity contribution in [3.05, 3.63) is 53.6 Å². The first kappa shape index (κ1) is 12.2. The molecule has 1 heterocycles. The maximum Gasteiger partial charge on any atom is 0.275 e. The number of carbonyl (C=O) groups excluding carboxylic acids is 1. The molecule has 18 heavy (non-hydrogen) atoms. The fourth-order valence-corrected chi connectivity index (χ4v) is 1.57. The minimum absolute atomic E-state index is 0.240. The van der Waals surface area contributed by atoms with E-state index in [0.717, 1.165) is 17.8 Å². The van der Waals surface area contributed by atoms with E-state index in [4.69, 9.17) is 0 Å². The highest BCUT2D eigenvalue weighted by Crippen LogP contribution is 2.12. The molecule has 0 aliphatic rings. The van der Waals surface area contributed by atoms with Gasteiger partial charge in [-0.05, 0) is 31.0 Å². The smallest absolute Gasteiger partial charge is 0.275 e. The molecule has 2 aromatic rings. The normalized spacial score (nSPS) is 10.1. The quantitative estimate of drug-likeness (QED) is 0.898. The Morgan fingerprint density at radius 3 is 2.78 bits per heavy atom. The van der Waals surface area contributed by atoms with Crippen LogP contribution in [0.5, 0.6) is 0 Å². The lowest BCUT2D eigenvalue weighted by Crippen LogP contribution is -2.14. The maximum atomic E-state index is 11.9. The molecule has 0 atom stereocenters. The van der Waals surface area contributed by atoms with Gasteiger partial charge in [-0.2, -0.15) is 0 Å². The number of nitrogens with zero attached hydrogens (tertiary/aromatic N) is 2. The summed E-state index contributed by atoms with van der Waals surface area (Å²) in [6.07, 6.45) is 4.00. The maximum absolute atomic E-state index is 11.9. The van der Waals surface area contributed by atoms with Gasteiger partial charge in [0.05, 0.1) is 11.9 Å². The second-order valence-electron chi connectivity index (χ2n) is 4.05. The fourth-order valence-electron chi connectivity index (χ4n) is 1.57. The first-order valence-corrected chi connectivity index (χ1v) is 5.88. The molecule has 4 heteroatoms. The Hall–Kier alpha value is -2.23. The van der Waals surface area contributed by atoms with Gasteiger partial charge in [-0.25, -0.2) is 4.98 Å². The predicted octanol–water partition coefficient (Wildman–Crippen LogP) is 2.60. The lowest BCUT2D eigenvalue weighted by Gasteiger charge is -2.06. The van der Waals surface area contributed by atoms with Crippen molar-refractivity contribution in [1.82, 2.24) is 9.97 Å². The van der Waals surface area contributed by atoms with E-state index in [1.54, 1.807) is 6.20 Å². The molecule has 2 rings (SSSR count). The Kier molecular flexibility index (Phi) is 3.67. The number of benzene rings is 1. The molecule has 0 unspecified atom stereocenters. The van der Waals surface area contributed by atoms with Crippen molar-refractivity contribution in [1.29, 1.82) is 0 Å². The average molecular weight is 241 g/mol. The van der Waals surface area contributed by atoms with Crippen LogP contribution in [0.1, 0.15) is 28.7 Å². The third-order valence-electron chi connectivity index (χ3n) is 2.61. The first-order chi connectivity index (χ1) is 8.69. The highest BCUT2D eigenvalue weighted by molar-refractivity contribution is 6.02. The van der Waals surface area contributed by atoms with Crippen molar-refractivity contribution in [3.63, 3.8) is 0 Å². The molecule has 92 valence electrons. The summed E-state index contributed by atoms with van der Waals surface area (Å²) in [7, 11) is 0. The lowest BCUT2D eigenvalue weighted by atomic mass is 10.1. The number of carbonyl (C=O) groups is 1. The summed E-state index contributed by atoms with van der Waals surface area (Å²) in [6.45, 7) is 3.91. The molecule has 0 spiro atoms. The van der Waals surface area contributed by atoms with Gasteiger partial charge in [0.15, 0.2) is 0 Å². The van der Waals surface area contributed by atoms with E-state index in [-0.39, 0.29) is 5.91 Å². The molecule has 0 fully saturated rings. The van der Waals surface area contributed by atoms with Crippen molar-refractivity contribution in [2.45, 2.75) is 20.3 Å². The van der Waals surface area contributed by atoms with Crippen LogP contribution in [0.2, 0.25) is 0 Å². The second-order valence-corrected chi connectivity index (χ2v) is 4.05. The number of hydrogen-bond donors (Lipinski definition) is 1. The van der Waals surface area contributed by atoms with Gasteiger partial charge in [-0.15, -0.1) is 0 Å². The summed E-state index contributed by atoms with van der Waals surface area (Å²) in [5.41, 5.74) is 3.08. The van der Waals surface area contributed by atoms with Crippen molar-refractivity contribution in [2.24, 2.45) is 0 Å². The average Bonchev–Trinajstić information content (AvgIpc) is 2.39. The van der Waals surface area contributed by atoms with Crippen LogP contribution in [0.4, 0.5) is 5.69 Å². The molecule has 1 amide bonds. The number of anilines is 1. The van der Waals surface area contributed by atoms with Gasteiger partial charge in [-0.1, -0.05) is 19.1 Å². The van der Waals surface area contributed by atoms with E-state index in [1.165, 1.54) is 11.8 Å². The van der Waals surface area contributed by atoms with Gasteiger partial charge >= 0.3 is 0 Å². The van der Waals surface area contributed by atoms with E-state index in [1.807, 2.05) is 31.2 Å². The Balaban J connectivity index is 2.13. The highest BCUT2D eigenvalue weighted by Gasteiger charge is 2.07. The molecule has 1 N–H and O–H groups in total. The van der Waals surface area contributed by atoms with Crippen LogP contribution in [-0.4, -0.2) is 15.9 Å². The van der Waals surface area contributed by atoms with E-state index in [0.29, 0.717) is 5.69 Å². The molecule has 0 radical (unpaired) electrons. The van der Waals surface area contributed by atoms with Crippen LogP contribution >= 0.6 is 0 Å². The van der Waals surface area contributed by atoms with Gasteiger partial charge in [0.25, 0.3) is 5.91 Å². The minimum Gasteiger partial charge on any atom is -0.321 e. The van der Waals surface area contributed by atoms with Crippen LogP contribution in [0.15, 0.2) is 36.7 Å². The monoisotopic (exact) mass is 241 g/mol. The molecular formula is C14H15N3O. The molecule has 1 aromatic heterocycles. The second kappa shape index (κ2) is 5.40. The number of hydrogen-bond acceptors (Lipinski definition) is 3. The Labute approximate surface area is 106 Å². The third-order valence-corrected chi connectivity index (χ3v) is 2.61. The van der Waals surface area contributed by atoms with Crippen molar-refractivity contribution < 1.29 is 4.79 Å². The van der Waals surface area contributed by atoms with E-state index >= 15 is 0 Å². The van der Waals surface area contributed by atoms with Crippen LogP contribution in [0, 0.1) is 6.92 Å². The lowest BCUT2D eigenvalue weighted by molar-refractivity contribution is 0.102. The van der Waals surface area contributed by atoms with Crippen molar-refractivity contribution >= 4 is 11.6 Å². The van der Waals surface area contributed by atoms with Gasteiger partial charge in [0.2, 0.25) is 0 Å². The molecule has 4 nitrogen and oxygen atoms in total. The minimum atomic E-state index is -0.240. The zero-order chi connectivity index (χ0) is 13.0. The predicted molar refractivity (Wildman–Crippen MR) is 70.5 cm³/mol. The Morgan fingerprint density at radius 1 is 1.28 bits per heavy atom. The van der Waals surface area contributed by atoms with Crippen molar-refractivity contribution in [2.75, 3.05) is 5.32 Å². The number of aromatic nitrogens is 2. The van der Waals surface area contributed by atoms with Gasteiger partial charge in [-0.3, -0.25) is 9.78 Å². The zero-order valence-corrected chi connectivity index (χ0v) is 10.5. The number of aryl methyl sites for hydroxylation is 2. The molecule has 0 saturated heterocycles. The summed E-state index contributed by atoms with van der Waals surface area (Å²) in [4.78, 5) is 20.0. The fraction of sp³-hybridized carbons (Fsp3) is 0.214. The van der Waals surface area contributed by atoms with Crippen LogP contribution in [-0.2, 0) is 6.42 Å². The highest BCUT2D eigenvalue weighted by atomic mass is 16.1. The standard InChI is InChI=1S/C14H15N3O/c1-3-11-5-4-6-12(7-11)17-14(18)13-9-15-10(2)8-16-13/h4-9H,3H2,1-2H3,(H,17,18). The van der Waals surface area contributed by atoms with E-state index in [2.05, 4.69) is 22.2 Å².